The van der Waals surface area contributed by atoms with Crippen molar-refractivity contribution in [3.05, 3.63) is 0 Å². The second-order valence-corrected chi connectivity index (χ2v) is 45.1. The summed E-state index contributed by atoms with van der Waals surface area (Å²) >= 11 is 0. The number of fused-ring (bicyclic) bond motifs is 1. The maximum atomic E-state index is 11.3. The number of nitriles is 1. The molecule has 0 aromatic heterocycles. The molecule has 19 N–H and O–H groups in total. The lowest BCUT2D eigenvalue weighted by atomic mass is 9.92. The fourth-order valence-corrected chi connectivity index (χ4v) is 14.7. The Hall–Kier alpha value is -7.27. The highest BCUT2D eigenvalue weighted by molar-refractivity contribution is 5.82. The van der Waals surface area contributed by atoms with Gasteiger partial charge in [-0.05, 0) is 176 Å². The van der Waals surface area contributed by atoms with Gasteiger partial charge in [-0.15, -0.1) is 0 Å². The highest BCUT2D eigenvalue weighted by atomic mass is 16.5. The first-order chi connectivity index (χ1) is 66.5. The van der Waals surface area contributed by atoms with E-state index in [2.05, 4.69) is 63.8 Å². The number of aliphatic hydroxyl groups excluding tert-OH is 5. The number of hydrogen-bond donors (Lipinski definition) is 19. The molecule has 143 heavy (non-hydrogen) atoms. The van der Waals surface area contributed by atoms with Crippen molar-refractivity contribution in [2.24, 2.45) is 82.9 Å². The van der Waals surface area contributed by atoms with Crippen LogP contribution in [0.4, 0.5) is 0 Å². The molecule has 0 bridgehead atoms. The Bertz CT molecular complexity index is 3470. The van der Waals surface area contributed by atoms with E-state index in [0.717, 1.165) is 116 Å². The molecule has 3 heterocycles. The van der Waals surface area contributed by atoms with Crippen molar-refractivity contribution >= 4 is 70.9 Å². The summed E-state index contributed by atoms with van der Waals surface area (Å²) in [6, 6.07) is 3.54. The number of amides is 12. The van der Waals surface area contributed by atoms with Crippen LogP contribution in [0.3, 0.4) is 0 Å². The van der Waals surface area contributed by atoms with E-state index in [1.807, 2.05) is 158 Å². The summed E-state index contributed by atoms with van der Waals surface area (Å²) in [5.74, 6) is 2.76. The fourth-order valence-electron chi connectivity index (χ4n) is 14.7. The van der Waals surface area contributed by atoms with E-state index in [-0.39, 0.29) is 190 Å². The monoisotopic (exact) mass is 2040 g/mol. The van der Waals surface area contributed by atoms with Gasteiger partial charge in [0.15, 0.2) is 0 Å². The zero-order chi connectivity index (χ0) is 110. The lowest BCUT2D eigenvalue weighted by Crippen LogP contribution is -2.44. The highest BCUT2D eigenvalue weighted by Crippen LogP contribution is 2.44. The van der Waals surface area contributed by atoms with Crippen LogP contribution in [0.2, 0.25) is 0 Å². The van der Waals surface area contributed by atoms with Crippen LogP contribution in [0.5, 0.6) is 0 Å². The Kier molecular flexibility index (Phi) is 71.9. The molecule has 35 heteroatoms. The molecular formula is C108H205N13O22. The number of ether oxygens (including phenoxy) is 3. The second-order valence-electron chi connectivity index (χ2n) is 45.1. The summed E-state index contributed by atoms with van der Waals surface area (Å²) in [7, 11) is 0. The van der Waals surface area contributed by atoms with Crippen molar-refractivity contribution in [2.75, 3.05) is 59.2 Å². The average Bonchev–Trinajstić information content (AvgIpc) is 1.60. The van der Waals surface area contributed by atoms with Gasteiger partial charge in [0.1, 0.15) is 5.54 Å². The van der Waals surface area contributed by atoms with Gasteiger partial charge >= 0.3 is 0 Å². The predicted molar refractivity (Wildman–Crippen MR) is 561 cm³/mol. The molecule has 12 unspecified atom stereocenters. The molecule has 0 aromatic rings. The molecule has 7 aliphatic carbocycles. The van der Waals surface area contributed by atoms with Gasteiger partial charge < -0.3 is 114 Å². The number of carbonyl (C=O) groups is 12. The molecule has 0 spiro atoms. The zero-order valence-electron chi connectivity index (χ0n) is 93.7. The second kappa shape index (κ2) is 74.6. The summed E-state index contributed by atoms with van der Waals surface area (Å²) in [4.78, 5) is 134. The summed E-state index contributed by atoms with van der Waals surface area (Å²) in [6.07, 6.45) is 25.8. The van der Waals surface area contributed by atoms with E-state index in [1.54, 1.807) is 48.5 Å². The lowest BCUT2D eigenvalue weighted by molar-refractivity contribution is -0.126. The van der Waals surface area contributed by atoms with Gasteiger partial charge in [-0.2, -0.15) is 5.26 Å². The summed E-state index contributed by atoms with van der Waals surface area (Å²) in [5.41, 5.74) is -1.88. The van der Waals surface area contributed by atoms with Crippen LogP contribution in [0.25, 0.3) is 0 Å². The first-order valence-corrected chi connectivity index (χ1v) is 54.1. The van der Waals surface area contributed by atoms with E-state index in [1.165, 1.54) is 64.2 Å². The summed E-state index contributed by atoms with van der Waals surface area (Å²) in [5, 5.41) is 108. The van der Waals surface area contributed by atoms with Crippen LogP contribution < -0.4 is 63.8 Å². The minimum Gasteiger partial charge on any atom is -0.393 e. The third kappa shape index (κ3) is 69.6. The Balaban J connectivity index is 0. The third-order valence-corrected chi connectivity index (χ3v) is 25.3. The zero-order valence-corrected chi connectivity index (χ0v) is 93.7. The van der Waals surface area contributed by atoms with Gasteiger partial charge in [-0.1, -0.05) is 198 Å². The van der Waals surface area contributed by atoms with E-state index >= 15 is 0 Å². The first-order valence-electron chi connectivity index (χ1n) is 54.1. The highest BCUT2D eigenvalue weighted by Gasteiger charge is 2.55. The minimum atomic E-state index is -0.749. The lowest BCUT2D eigenvalue weighted by Gasteiger charge is -2.27. The van der Waals surface area contributed by atoms with Crippen molar-refractivity contribution in [3.63, 3.8) is 0 Å². The molecule has 0 radical (unpaired) electrons. The van der Waals surface area contributed by atoms with Gasteiger partial charge in [0.25, 0.3) is 0 Å². The van der Waals surface area contributed by atoms with Crippen LogP contribution in [0.1, 0.15) is 374 Å². The standard InChI is InChI=1S/2C10H19NO2.C10H19NO.C9H15NO2.3C9H17NO2.C9H19NO2.C9H17NO.C8H14N2O.C8H15NO3.C8H17NO2/c1-8(2)10(12)11-6-5-9-4-3-7-13-9;1-7(2)10(13)11-8-4-3-5-9(12)6-8;1-8(2)10(12)11-9-6-4-3-5-7-9;1-5(2)9(11)10-8-6-3-12-4-7(6)8;1-7(2)8(11)10-6-5-9(12)3-4-9;1-6(2)9(12)10-7-3-4-8(11)5-7;1-6(2)9(12)10-7-4-3-5-8(7)11;1-7(2)8(11)10-6-5-9(3,4)12;1-7(2)9(11)10-8-5-3-4-6-8;1-6(2)7(11)10-8(3,4)5-9;1-5(2)8(11)9-6-3-12-4-7(6)10;1-6(2)8(11)9-5-4-7(3)10/h8-9H,3-7H2,1-2H3,(H,11,12);7-9,12H,3-6H2,1-2H3,(H,11,13);8-9H,3-7H2,1-2H3,(H,11,12);5-8H,3-4H2,1-2H3,(H,10,11);7,12H,3-6H2,1-2H3,(H,10,11);2*6-8,11H,3-5H2,1-2H3,(H,10,12);7,12H,5-6H2,1-4H3,(H,10,11);7-8H,3-6H2,1-2H3,(H,10,11);6H,1-4H3,(H,10,11);5-7,10H,3-4H2,1-2H3,(H,9,11);6-7,10H,4-5H2,1-3H3,(H,9,11). The Morgan fingerprint density at radius 3 is 1.08 bits per heavy atom. The average molecular weight is 2040 g/mol. The molecule has 12 amide bonds. The van der Waals surface area contributed by atoms with Gasteiger partial charge in [0, 0.05) is 146 Å². The molecule has 3 saturated heterocycles. The van der Waals surface area contributed by atoms with Crippen LogP contribution in [0, 0.1) is 94.2 Å². The molecule has 12 atom stereocenters. The van der Waals surface area contributed by atoms with Crippen LogP contribution in [-0.2, 0) is 71.7 Å². The smallest absolute Gasteiger partial charge is 0.223 e. The summed E-state index contributed by atoms with van der Waals surface area (Å²) < 4.78 is 15.7. The van der Waals surface area contributed by atoms with E-state index < -0.39 is 22.8 Å². The van der Waals surface area contributed by atoms with Gasteiger partial charge in [0.2, 0.25) is 70.9 Å². The Labute approximate surface area is 861 Å². The third-order valence-electron chi connectivity index (χ3n) is 25.3. The molecule has 10 aliphatic rings. The number of hydrogen-bond acceptors (Lipinski definition) is 23. The van der Waals surface area contributed by atoms with E-state index in [9.17, 15) is 88.2 Å². The van der Waals surface area contributed by atoms with Gasteiger partial charge in [0.05, 0.1) is 92.4 Å². The molecule has 0 aromatic carbocycles. The minimum absolute atomic E-state index is 0.0000926. The van der Waals surface area contributed by atoms with Crippen molar-refractivity contribution in [2.45, 2.75) is 470 Å². The Morgan fingerprint density at radius 1 is 0.364 bits per heavy atom. The van der Waals surface area contributed by atoms with Crippen molar-refractivity contribution in [3.8, 4) is 6.07 Å². The number of rotatable bonds is 32. The maximum Gasteiger partial charge on any atom is 0.223 e. The van der Waals surface area contributed by atoms with Crippen LogP contribution in [0.15, 0.2) is 0 Å². The topological polar surface area (TPSA) is 542 Å². The van der Waals surface area contributed by atoms with Crippen LogP contribution >= 0.6 is 0 Å². The maximum absolute atomic E-state index is 11.3. The Morgan fingerprint density at radius 2 is 0.720 bits per heavy atom. The normalized spacial score (nSPS) is 22.8. The number of aliphatic hydroxyl groups is 7. The largest absolute Gasteiger partial charge is 0.393 e. The van der Waals surface area contributed by atoms with Gasteiger partial charge in [-0.25, -0.2) is 0 Å². The van der Waals surface area contributed by atoms with Crippen LogP contribution in [-0.4, -0.2) is 262 Å². The molecule has 10 fully saturated rings. The molecule has 10 rings (SSSR count). The predicted octanol–water partition coefficient (Wildman–Crippen LogP) is 10.6. The molecule has 834 valence electrons. The fraction of sp³-hybridized carbons (Fsp3) is 0.880. The SMILES string of the molecule is CC(C)C(=O)NC(C)(C)C#N.CC(C)C(=O)NC1C2COCC21.CC(C)C(=O)NC1CCC(O)C1.CC(C)C(=O)NC1CCCC(O)C1.CC(C)C(=O)NC1CCCC1.CC(C)C(=O)NC1CCCC1O.CC(C)C(=O)NC1CCCCC1.CC(C)C(=O)NC1COCC1O.CC(C)C(=O)NCCC(C)(C)O.CC(C)C(=O)NCCC1(O)CC1.CC(C)C(=O)NCCC1CCCO1.CC(O)CCNC(=O)C(C)C. The number of carbonyl (C=O) groups excluding carboxylic acids is 12. The quantitative estimate of drug-likeness (QED) is 0.0297. The molecule has 7 saturated carbocycles. The van der Waals surface area contributed by atoms with Crippen molar-refractivity contribution in [1.29, 1.82) is 5.26 Å². The molecule has 3 aliphatic heterocycles. The van der Waals surface area contributed by atoms with E-state index in [0.29, 0.717) is 88.2 Å². The number of nitrogens with one attached hydrogen (secondary N) is 12. The molecule has 35 nitrogen and oxygen atoms in total. The first kappa shape index (κ1) is 138. The van der Waals surface area contributed by atoms with Crippen molar-refractivity contribution in [1.82, 2.24) is 63.8 Å². The van der Waals surface area contributed by atoms with Crippen molar-refractivity contribution < 1.29 is 107 Å². The van der Waals surface area contributed by atoms with E-state index in [4.69, 9.17) is 24.6 Å². The molecular weight excluding hydrogens is 1830 g/mol. The summed E-state index contributed by atoms with van der Waals surface area (Å²) in [6.45, 7) is 59.3. The number of nitrogens with zero attached hydrogens (tertiary/aromatic N) is 1. The van der Waals surface area contributed by atoms with Gasteiger partial charge in [-0.3, -0.25) is 57.5 Å².